The molecule has 33 nitrogen and oxygen atoms in total. The van der Waals surface area contributed by atoms with Gasteiger partial charge in [-0.25, -0.2) is 4.79 Å². The molecule has 5 aromatic carbocycles. The minimum absolute atomic E-state index is 0.101. The Morgan fingerprint density at radius 1 is 0.723 bits per heavy atom. The van der Waals surface area contributed by atoms with Crippen molar-refractivity contribution in [2.75, 3.05) is 7.05 Å². The molecular weight excluding hydrogens is 1370 g/mol. The number of phenols is 3. The van der Waals surface area contributed by atoms with Crippen molar-refractivity contribution in [3.8, 4) is 57.1 Å². The number of halogens is 2. The molecule has 20 N–H and O–H groups in total. The molecule has 18 atom stereocenters. The predicted molar refractivity (Wildman–Crippen MR) is 348 cm³/mol. The van der Waals surface area contributed by atoms with Crippen molar-refractivity contribution < 1.29 is 118 Å². The first kappa shape index (κ1) is 74.2. The molecule has 0 unspecified atom stereocenters. The zero-order valence-electron chi connectivity index (χ0n) is 54.2. The number of aliphatic hydroxyl groups is 5. The average Bonchev–Trinajstić information content (AvgIpc) is 0.775. The maximum absolute atomic E-state index is 16.0. The largest absolute Gasteiger partial charge is 0.508 e. The third kappa shape index (κ3) is 15.7. The van der Waals surface area contributed by atoms with Gasteiger partial charge in [0.25, 0.3) is 0 Å². The van der Waals surface area contributed by atoms with E-state index >= 15 is 14.4 Å². The van der Waals surface area contributed by atoms with Gasteiger partial charge in [-0.05, 0) is 110 Å². The Morgan fingerprint density at radius 2 is 1.33 bits per heavy atom. The highest BCUT2D eigenvalue weighted by Crippen LogP contribution is 2.50. The molecule has 101 heavy (non-hydrogen) atoms. The lowest BCUT2D eigenvalue weighted by atomic mass is 9.86. The van der Waals surface area contributed by atoms with E-state index in [2.05, 4.69) is 37.2 Å². The van der Waals surface area contributed by atoms with Gasteiger partial charge in [0.15, 0.2) is 36.2 Å². The number of primary amides is 1. The maximum Gasteiger partial charge on any atom is 0.330 e. The number of aliphatic carboxylic acids is 1. The van der Waals surface area contributed by atoms with Crippen LogP contribution in [0.1, 0.15) is 105 Å². The van der Waals surface area contributed by atoms with Crippen molar-refractivity contribution in [2.24, 2.45) is 17.4 Å². The fraction of sp³-hybridized carbons (Fsp3) is 0.409. The number of amides is 7. The second kappa shape index (κ2) is 30.0. The molecule has 2 fully saturated rings. The van der Waals surface area contributed by atoms with Crippen molar-refractivity contribution in [1.29, 1.82) is 0 Å². The topological polar surface area (TPSA) is 527 Å². The molecule has 7 heterocycles. The summed E-state index contributed by atoms with van der Waals surface area (Å²) in [6.45, 7) is 6.60. The first-order chi connectivity index (χ1) is 47.7. The zero-order valence-corrected chi connectivity index (χ0v) is 55.7. The molecule has 35 heteroatoms. The van der Waals surface area contributed by atoms with E-state index < -0.39 is 231 Å². The first-order valence-electron chi connectivity index (χ1n) is 31.5. The van der Waals surface area contributed by atoms with Gasteiger partial charge in [0.1, 0.15) is 89.5 Å². The van der Waals surface area contributed by atoms with Gasteiger partial charge in [-0.2, -0.15) is 0 Å². The summed E-state index contributed by atoms with van der Waals surface area (Å²) in [5, 5.41) is 120. The Bertz CT molecular complexity index is 4110. The van der Waals surface area contributed by atoms with Crippen LogP contribution in [0.2, 0.25) is 10.0 Å². The number of likely N-dealkylation sites (N-methyl/N-ethyl adjacent to an activating group) is 1. The number of carbonyl (C=O) groups excluding carboxylic acids is 8. The Balaban J connectivity index is 1.24. The molecule has 0 saturated carbocycles. The van der Waals surface area contributed by atoms with E-state index in [1.165, 1.54) is 33.0 Å². The number of carboxylic acids is 1. The molecular formula is C66H73Cl2N9O24. The lowest BCUT2D eigenvalue weighted by Gasteiger charge is -2.46. The van der Waals surface area contributed by atoms with Crippen LogP contribution in [0.5, 0.6) is 46.0 Å². The van der Waals surface area contributed by atoms with Crippen LogP contribution in [0, 0.1) is 5.92 Å². The monoisotopic (exact) mass is 1450 g/mol. The third-order valence-electron chi connectivity index (χ3n) is 17.7. The van der Waals surface area contributed by atoms with E-state index in [1.54, 1.807) is 0 Å². The van der Waals surface area contributed by atoms with Crippen LogP contribution in [-0.2, 0) is 57.4 Å². The highest BCUT2D eigenvalue weighted by molar-refractivity contribution is 6.32. The molecule has 5 aromatic rings. The van der Waals surface area contributed by atoms with E-state index in [0.717, 1.165) is 66.7 Å². The molecule has 2 saturated heterocycles. The van der Waals surface area contributed by atoms with E-state index in [9.17, 15) is 74.7 Å². The molecule has 11 bridgehead atoms. The number of hydrogen-bond acceptors (Lipinski definition) is 25. The fourth-order valence-electron chi connectivity index (χ4n) is 12.4. The molecule has 0 aliphatic carbocycles. The molecule has 7 aliphatic heterocycles. The number of benzene rings is 5. The minimum Gasteiger partial charge on any atom is -0.508 e. The predicted octanol–water partition coefficient (Wildman–Crippen LogP) is 0.313. The van der Waals surface area contributed by atoms with E-state index in [1.807, 2.05) is 13.8 Å². The van der Waals surface area contributed by atoms with E-state index in [0.29, 0.717) is 0 Å². The lowest BCUT2D eigenvalue weighted by Crippen LogP contribution is -2.64. The molecule has 0 aromatic heterocycles. The lowest BCUT2D eigenvalue weighted by molar-refractivity contribution is -0.326. The van der Waals surface area contributed by atoms with Gasteiger partial charge in [0.2, 0.25) is 53.4 Å². The third-order valence-corrected chi connectivity index (χ3v) is 18.3. The van der Waals surface area contributed by atoms with Gasteiger partial charge in [0, 0.05) is 34.7 Å². The number of ether oxygens (including phenoxy) is 6. The van der Waals surface area contributed by atoms with Gasteiger partial charge in [-0.1, -0.05) is 55.2 Å². The van der Waals surface area contributed by atoms with Gasteiger partial charge in [-0.15, -0.1) is 0 Å². The Morgan fingerprint density at radius 3 is 1.91 bits per heavy atom. The van der Waals surface area contributed by atoms with Gasteiger partial charge in [0.05, 0.1) is 34.7 Å². The molecule has 0 radical (unpaired) electrons. The Hall–Kier alpha value is -9.49. The summed E-state index contributed by atoms with van der Waals surface area (Å²) >= 11 is 14.1. The highest BCUT2D eigenvalue weighted by Gasteiger charge is 2.52. The van der Waals surface area contributed by atoms with Gasteiger partial charge in [-0.3, -0.25) is 33.6 Å². The molecule has 7 amide bonds. The van der Waals surface area contributed by atoms with Gasteiger partial charge >= 0.3 is 5.97 Å². The number of aromatic hydroxyl groups is 3. The van der Waals surface area contributed by atoms with Crippen LogP contribution in [0.25, 0.3) is 11.1 Å². The molecule has 0 spiro atoms. The van der Waals surface area contributed by atoms with Crippen LogP contribution in [0.15, 0.2) is 78.9 Å². The van der Waals surface area contributed by atoms with Crippen molar-refractivity contribution in [2.45, 2.75) is 156 Å². The molecule has 12 rings (SSSR count). The smallest absolute Gasteiger partial charge is 0.330 e. The summed E-state index contributed by atoms with van der Waals surface area (Å²) < 4.78 is 38.0. The summed E-state index contributed by atoms with van der Waals surface area (Å²) in [6, 6.07) is -0.868. The van der Waals surface area contributed by atoms with Crippen LogP contribution >= 0.6 is 23.2 Å². The maximum atomic E-state index is 16.0. The number of aliphatic hydroxyl groups excluding tert-OH is 5. The zero-order chi connectivity index (χ0) is 73.5. The number of hydrogen-bond donors (Lipinski definition) is 18. The minimum atomic E-state index is -2.36. The van der Waals surface area contributed by atoms with Crippen LogP contribution in [0.4, 0.5) is 0 Å². The summed E-state index contributed by atoms with van der Waals surface area (Å²) in [7, 11) is 1.47. The first-order valence-corrected chi connectivity index (χ1v) is 32.2. The number of nitrogens with two attached hydrogens (primary N) is 2. The quantitative estimate of drug-likeness (QED) is 0.0706. The Labute approximate surface area is 583 Å². The number of carbonyl (C=O) groups is 9. The second-order valence-corrected chi connectivity index (χ2v) is 26.4. The van der Waals surface area contributed by atoms with Crippen molar-refractivity contribution in [1.82, 2.24) is 37.2 Å². The fourth-order valence-corrected chi connectivity index (χ4v) is 12.9. The number of rotatable bonds is 13. The van der Waals surface area contributed by atoms with Crippen molar-refractivity contribution in [3.63, 3.8) is 0 Å². The molecule has 540 valence electrons. The summed E-state index contributed by atoms with van der Waals surface area (Å²) in [4.78, 5) is 129. The number of fused-ring (bicyclic) bond motifs is 15. The van der Waals surface area contributed by atoms with E-state index in [-0.39, 0.29) is 52.5 Å². The van der Waals surface area contributed by atoms with Crippen molar-refractivity contribution >= 4 is 76.8 Å². The van der Waals surface area contributed by atoms with Crippen molar-refractivity contribution in [3.05, 3.63) is 117 Å². The van der Waals surface area contributed by atoms with Crippen LogP contribution < -0.4 is 62.9 Å². The second-order valence-electron chi connectivity index (χ2n) is 25.6. The normalized spacial score (nSPS) is 29.4. The summed E-state index contributed by atoms with van der Waals surface area (Å²) in [5.74, 6) is -16.2. The summed E-state index contributed by atoms with van der Waals surface area (Å²) in [5.41, 5.74) is 7.91. The summed E-state index contributed by atoms with van der Waals surface area (Å²) in [6.07, 6.45) is -19.1. The van der Waals surface area contributed by atoms with Gasteiger partial charge < -0.3 is 128 Å². The number of aldehydes is 1. The highest BCUT2D eigenvalue weighted by atomic mass is 35.5. The number of carboxylic acid groups (broad SMARTS) is 1. The molecule has 7 aliphatic rings. The van der Waals surface area contributed by atoms with Crippen LogP contribution in [0.3, 0.4) is 0 Å². The van der Waals surface area contributed by atoms with Crippen LogP contribution in [-0.4, -0.2) is 186 Å². The SMILES string of the molecule is CN[C@H](CC(C)C)C(=O)N[C@H]1C(=O)N[C@@H](CC(N)=O)C(=O)N[C@H]2C(=O)N[C@H]3C(=O)N[C@H](C(=O)N[C@H](C(=O)O)c4cc(O)cc(O)c4-c4cc3ccc4O)[C@H](O)c3ccc(c(Cl)c3)Oc3cc2cc(c3O[C@@H]2O[C@H](C=O)[C@@H](O)[C@H](O)[C@H]2O[C@H]2C[C@](C)(N)[C@H](O)[C@H](C)O2)Oc2ccc(cc2Cl)[C@H]1O. The number of nitrogens with one attached hydrogen (secondary N) is 7. The Kier molecular flexibility index (Phi) is 22.0. The number of phenolic OH excluding ortho intramolecular Hbond substituents is 3. The average molecular weight is 1450 g/mol. The standard InChI is InChI=1S/C66H73Cl2N9O24/c1-23(2)12-34(71-5)58(88)76-49-51(83)26-7-10-38(32(67)14-26)97-40-16-28-17-41(55(40)101-65-56(54(86)53(85)42(22-78)99-65)100-44-21-66(4,70)57(87)24(3)96-44)98-39-11-8-27(15-33(39)68)52(84)50-63(93)75-48(64(94)95)31-18-29(79)19-37(81)45(31)30-13-25(6-9-36(30)80)46(60(90)77-50)74-61(91)47(28)73-59(89)35(20-43(69)82)72-62(49)92/h6-11,13-19,22-24,34-35,42,44,46-54,56-57,65,71,79-81,83-87H,12,20-21,70H2,1-5H3,(H2,69,82)(H,72,92)(H,73,89)(H,74,91)(H,75,93)(H,76,88)(H,77,90)(H,94,95)/t24-,34+,35-,42+,44-,46+,47+,48-,49+,50-,51+,52+,53+,54-,56+,57+,65-,66-/m0/s1. The van der Waals surface area contributed by atoms with E-state index in [4.69, 9.17) is 63.1 Å².